The fourth-order valence-electron chi connectivity index (χ4n) is 3.75. The first-order valence-corrected chi connectivity index (χ1v) is 10.1. The molecule has 5 rings (SSSR count). The van der Waals surface area contributed by atoms with Crippen LogP contribution in [-0.4, -0.2) is 32.4 Å². The van der Waals surface area contributed by atoms with Crippen molar-refractivity contribution in [3.05, 3.63) is 90.1 Å². The lowest BCUT2D eigenvalue weighted by atomic mass is 10.1. The summed E-state index contributed by atoms with van der Waals surface area (Å²) in [4.78, 5) is 32.0. The van der Waals surface area contributed by atoms with Crippen LogP contribution in [0.5, 0.6) is 0 Å². The van der Waals surface area contributed by atoms with E-state index in [0.29, 0.717) is 17.9 Å². The van der Waals surface area contributed by atoms with Gasteiger partial charge in [0.15, 0.2) is 5.82 Å². The highest BCUT2D eigenvalue weighted by Crippen LogP contribution is 2.32. The second-order valence-electron chi connectivity index (χ2n) is 7.37. The highest BCUT2D eigenvalue weighted by atomic mass is 16.2. The van der Waals surface area contributed by atoms with Crippen LogP contribution in [0.15, 0.2) is 73.3 Å². The Kier molecular flexibility index (Phi) is 4.84. The molecular weight excluding hydrogens is 388 g/mol. The minimum Gasteiger partial charge on any atom is -0.340 e. The second-order valence-corrected chi connectivity index (χ2v) is 7.37. The lowest BCUT2D eigenvalue weighted by molar-refractivity contribution is 0.0989. The Morgan fingerprint density at radius 2 is 1.87 bits per heavy atom. The number of nitrogens with zero attached hydrogens (tertiary/aromatic N) is 5. The minimum absolute atomic E-state index is 0.0269. The maximum Gasteiger partial charge on any atom is 0.259 e. The molecule has 0 atom stereocenters. The Hall–Kier alpha value is -4.13. The lowest BCUT2D eigenvalue weighted by Gasteiger charge is -2.17. The Morgan fingerprint density at radius 3 is 2.68 bits per heavy atom. The molecule has 1 aromatic carbocycles. The van der Waals surface area contributed by atoms with Gasteiger partial charge in [0.1, 0.15) is 5.82 Å². The summed E-state index contributed by atoms with van der Waals surface area (Å²) in [6.45, 7) is 2.60. The maximum atomic E-state index is 12.8. The van der Waals surface area contributed by atoms with Gasteiger partial charge >= 0.3 is 0 Å². The van der Waals surface area contributed by atoms with Crippen molar-refractivity contribution in [1.82, 2.24) is 19.9 Å². The van der Waals surface area contributed by atoms with E-state index in [4.69, 9.17) is 0 Å². The average Bonchev–Trinajstić information content (AvgIpc) is 3.22. The van der Waals surface area contributed by atoms with Crippen molar-refractivity contribution in [2.24, 2.45) is 0 Å². The first kappa shape index (κ1) is 18.9. The van der Waals surface area contributed by atoms with E-state index in [-0.39, 0.29) is 5.91 Å². The van der Waals surface area contributed by atoms with Gasteiger partial charge < -0.3 is 10.2 Å². The molecule has 0 spiro atoms. The molecule has 1 amide bonds. The molecular formula is C24H20N6O. The van der Waals surface area contributed by atoms with Crippen LogP contribution in [-0.2, 0) is 6.42 Å². The van der Waals surface area contributed by atoms with E-state index in [1.165, 1.54) is 0 Å². The van der Waals surface area contributed by atoms with Crippen LogP contribution in [0.25, 0.3) is 11.4 Å². The third-order valence-electron chi connectivity index (χ3n) is 5.19. The Bertz CT molecular complexity index is 1240. The van der Waals surface area contributed by atoms with Crippen molar-refractivity contribution >= 4 is 23.1 Å². The highest BCUT2D eigenvalue weighted by Gasteiger charge is 2.25. The predicted octanol–water partition coefficient (Wildman–Crippen LogP) is 4.19. The van der Waals surface area contributed by atoms with E-state index in [2.05, 4.69) is 31.3 Å². The van der Waals surface area contributed by atoms with Crippen LogP contribution in [0.1, 0.15) is 21.6 Å². The van der Waals surface area contributed by atoms with Crippen LogP contribution < -0.4 is 10.2 Å². The van der Waals surface area contributed by atoms with Crippen molar-refractivity contribution in [1.29, 1.82) is 0 Å². The van der Waals surface area contributed by atoms with Crippen LogP contribution in [0.3, 0.4) is 0 Å². The number of fused-ring (bicyclic) bond motifs is 1. The van der Waals surface area contributed by atoms with Crippen LogP contribution >= 0.6 is 0 Å². The molecule has 1 aliphatic rings. The first-order chi connectivity index (χ1) is 15.2. The molecule has 3 aromatic heterocycles. The first-order valence-electron chi connectivity index (χ1n) is 10.1. The number of hydrogen-bond acceptors (Lipinski definition) is 6. The van der Waals surface area contributed by atoms with Gasteiger partial charge in [-0.05, 0) is 61.4 Å². The fraction of sp³-hybridized carbons (Fsp3) is 0.125. The molecule has 31 heavy (non-hydrogen) atoms. The summed E-state index contributed by atoms with van der Waals surface area (Å²) in [5.74, 6) is 1.35. The predicted molar refractivity (Wildman–Crippen MR) is 119 cm³/mol. The zero-order valence-corrected chi connectivity index (χ0v) is 17.0. The third kappa shape index (κ3) is 3.85. The molecule has 152 valence electrons. The van der Waals surface area contributed by atoms with Gasteiger partial charge in [-0.15, -0.1) is 0 Å². The van der Waals surface area contributed by atoms with Crippen molar-refractivity contribution in [2.75, 3.05) is 16.8 Å². The number of amides is 1. The van der Waals surface area contributed by atoms with E-state index >= 15 is 0 Å². The van der Waals surface area contributed by atoms with Gasteiger partial charge in [0.2, 0.25) is 0 Å². The minimum atomic E-state index is -0.0269. The Morgan fingerprint density at radius 1 is 1.00 bits per heavy atom. The number of hydrogen-bond donors (Lipinski definition) is 1. The SMILES string of the molecule is Cc1cc(Nc2ccc3c(c2)CCN3C(=O)c2cccnc2)nc(-c2ccncc2)n1. The van der Waals surface area contributed by atoms with Gasteiger partial charge in [-0.3, -0.25) is 14.8 Å². The smallest absolute Gasteiger partial charge is 0.259 e. The number of aryl methyl sites for hydroxylation is 1. The van der Waals surface area contributed by atoms with Gasteiger partial charge in [-0.2, -0.15) is 0 Å². The second kappa shape index (κ2) is 7.95. The number of aromatic nitrogens is 4. The molecule has 7 nitrogen and oxygen atoms in total. The Labute approximate surface area is 179 Å². The van der Waals surface area contributed by atoms with E-state index in [1.54, 1.807) is 36.9 Å². The molecule has 0 bridgehead atoms. The summed E-state index contributed by atoms with van der Waals surface area (Å²) in [6, 6.07) is 15.3. The van der Waals surface area contributed by atoms with Gasteiger partial charge in [-0.25, -0.2) is 9.97 Å². The molecule has 4 aromatic rings. The van der Waals surface area contributed by atoms with Crippen molar-refractivity contribution in [2.45, 2.75) is 13.3 Å². The number of carbonyl (C=O) groups excluding carboxylic acids is 1. The monoisotopic (exact) mass is 408 g/mol. The summed E-state index contributed by atoms with van der Waals surface area (Å²) in [5, 5.41) is 3.38. The normalized spacial score (nSPS) is 12.5. The molecule has 0 fully saturated rings. The maximum absolute atomic E-state index is 12.8. The molecule has 1 aliphatic heterocycles. The Balaban J connectivity index is 1.39. The number of nitrogens with one attached hydrogen (secondary N) is 1. The van der Waals surface area contributed by atoms with Crippen molar-refractivity contribution < 1.29 is 4.79 Å². The largest absolute Gasteiger partial charge is 0.340 e. The van der Waals surface area contributed by atoms with Gasteiger partial charge in [-0.1, -0.05) is 0 Å². The molecule has 1 N–H and O–H groups in total. The zero-order valence-electron chi connectivity index (χ0n) is 17.0. The summed E-state index contributed by atoms with van der Waals surface area (Å²) in [6.07, 6.45) is 7.54. The van der Waals surface area contributed by atoms with Gasteiger partial charge in [0.25, 0.3) is 5.91 Å². The quantitative estimate of drug-likeness (QED) is 0.545. The zero-order chi connectivity index (χ0) is 21.2. The summed E-state index contributed by atoms with van der Waals surface area (Å²) in [5.41, 5.74) is 5.38. The van der Waals surface area contributed by atoms with Crippen LogP contribution in [0, 0.1) is 6.92 Å². The summed E-state index contributed by atoms with van der Waals surface area (Å²) < 4.78 is 0. The fourth-order valence-corrected chi connectivity index (χ4v) is 3.75. The number of pyridine rings is 2. The number of benzene rings is 1. The van der Waals surface area contributed by atoms with Crippen molar-refractivity contribution in [3.8, 4) is 11.4 Å². The molecule has 4 heterocycles. The van der Waals surface area contributed by atoms with Crippen molar-refractivity contribution in [3.63, 3.8) is 0 Å². The van der Waals surface area contributed by atoms with E-state index < -0.39 is 0 Å². The summed E-state index contributed by atoms with van der Waals surface area (Å²) in [7, 11) is 0. The molecule has 0 saturated carbocycles. The summed E-state index contributed by atoms with van der Waals surface area (Å²) >= 11 is 0. The standard InChI is InChI=1S/C24H20N6O/c1-16-13-22(29-23(27-16)17-6-10-25-11-7-17)28-20-4-5-21-18(14-20)8-12-30(21)24(31)19-3-2-9-26-15-19/h2-7,9-11,13-15H,8,12H2,1H3,(H,27,28,29). The topological polar surface area (TPSA) is 83.9 Å². The molecule has 7 heteroatoms. The van der Waals surface area contributed by atoms with Gasteiger partial charge in [0, 0.05) is 60.0 Å². The number of carbonyl (C=O) groups is 1. The average molecular weight is 408 g/mol. The number of anilines is 3. The third-order valence-corrected chi connectivity index (χ3v) is 5.19. The van der Waals surface area contributed by atoms with Gasteiger partial charge in [0.05, 0.1) is 5.56 Å². The van der Waals surface area contributed by atoms with E-state index in [9.17, 15) is 4.79 Å². The van der Waals surface area contributed by atoms with E-state index in [0.717, 1.165) is 40.4 Å². The van der Waals surface area contributed by atoms with E-state index in [1.807, 2.05) is 42.2 Å². The molecule has 0 radical (unpaired) electrons. The number of rotatable bonds is 4. The molecule has 0 aliphatic carbocycles. The van der Waals surface area contributed by atoms with Crippen LogP contribution in [0.2, 0.25) is 0 Å². The van der Waals surface area contributed by atoms with Crippen LogP contribution in [0.4, 0.5) is 17.2 Å². The molecule has 0 unspecified atom stereocenters. The lowest BCUT2D eigenvalue weighted by Crippen LogP contribution is -2.28. The highest BCUT2D eigenvalue weighted by molar-refractivity contribution is 6.07. The molecule has 0 saturated heterocycles.